The van der Waals surface area contributed by atoms with E-state index in [4.69, 9.17) is 23.2 Å². The number of rotatable bonds is 4. The Labute approximate surface area is 163 Å². The zero-order valence-electron chi connectivity index (χ0n) is 14.3. The van der Waals surface area contributed by atoms with Crippen molar-refractivity contribution in [3.05, 3.63) is 51.5 Å². The number of aryl methyl sites for hydroxylation is 2. The van der Waals surface area contributed by atoms with Gasteiger partial charge in [0.15, 0.2) is 0 Å². The Morgan fingerprint density at radius 3 is 2.42 bits per heavy atom. The first-order valence-corrected chi connectivity index (χ1v) is 10.3. The maximum Gasteiger partial charge on any atom is 0.263 e. The molecule has 5 nitrogen and oxygen atoms in total. The van der Waals surface area contributed by atoms with Crippen molar-refractivity contribution < 1.29 is 13.2 Å². The zero-order valence-corrected chi connectivity index (χ0v) is 16.7. The van der Waals surface area contributed by atoms with Crippen molar-refractivity contribution in [2.75, 3.05) is 16.2 Å². The van der Waals surface area contributed by atoms with E-state index in [0.29, 0.717) is 34.9 Å². The predicted octanol–water partition coefficient (Wildman–Crippen LogP) is 4.54. The SMILES string of the molecule is Cc1cc(S(=O)(=O)Nc2ccc(C)c(N3CCCC3=O)c2)c(Cl)cc1Cl. The van der Waals surface area contributed by atoms with E-state index in [1.54, 1.807) is 30.0 Å². The molecule has 1 aliphatic heterocycles. The highest BCUT2D eigenvalue weighted by Crippen LogP contribution is 2.32. The molecule has 138 valence electrons. The van der Waals surface area contributed by atoms with Gasteiger partial charge in [0.1, 0.15) is 4.90 Å². The molecule has 1 fully saturated rings. The third-order valence-corrected chi connectivity index (χ3v) is 6.58. The summed E-state index contributed by atoms with van der Waals surface area (Å²) < 4.78 is 28.0. The summed E-state index contributed by atoms with van der Waals surface area (Å²) in [6, 6.07) is 7.97. The van der Waals surface area contributed by atoms with Crippen LogP contribution in [0, 0.1) is 13.8 Å². The lowest BCUT2D eigenvalue weighted by molar-refractivity contribution is -0.117. The molecule has 1 aliphatic rings. The molecule has 0 aromatic heterocycles. The molecule has 0 unspecified atom stereocenters. The monoisotopic (exact) mass is 412 g/mol. The fraction of sp³-hybridized carbons (Fsp3) is 0.278. The molecule has 26 heavy (non-hydrogen) atoms. The van der Waals surface area contributed by atoms with Crippen LogP contribution in [0.1, 0.15) is 24.0 Å². The summed E-state index contributed by atoms with van der Waals surface area (Å²) in [5.74, 6) is 0.0458. The third kappa shape index (κ3) is 3.68. The highest BCUT2D eigenvalue weighted by atomic mass is 35.5. The van der Waals surface area contributed by atoms with Gasteiger partial charge >= 0.3 is 0 Å². The number of sulfonamides is 1. The molecule has 0 bridgehead atoms. The minimum atomic E-state index is -3.89. The number of carbonyl (C=O) groups is 1. The van der Waals surface area contributed by atoms with Crippen molar-refractivity contribution in [3.63, 3.8) is 0 Å². The van der Waals surface area contributed by atoms with Crippen molar-refractivity contribution >= 4 is 50.5 Å². The number of nitrogens with zero attached hydrogens (tertiary/aromatic N) is 1. The lowest BCUT2D eigenvalue weighted by Gasteiger charge is -2.20. The first-order chi connectivity index (χ1) is 12.2. The van der Waals surface area contributed by atoms with Crippen LogP contribution >= 0.6 is 23.2 Å². The maximum atomic E-state index is 12.7. The largest absolute Gasteiger partial charge is 0.312 e. The van der Waals surface area contributed by atoms with Gasteiger partial charge in [0.05, 0.1) is 10.7 Å². The van der Waals surface area contributed by atoms with Gasteiger partial charge in [-0.1, -0.05) is 29.3 Å². The van der Waals surface area contributed by atoms with E-state index >= 15 is 0 Å². The Morgan fingerprint density at radius 1 is 1.04 bits per heavy atom. The van der Waals surface area contributed by atoms with E-state index in [2.05, 4.69) is 4.72 Å². The zero-order chi connectivity index (χ0) is 19.1. The molecule has 0 radical (unpaired) electrons. The summed E-state index contributed by atoms with van der Waals surface area (Å²) in [7, 11) is -3.89. The first kappa shape index (κ1) is 19.0. The van der Waals surface area contributed by atoms with Crippen LogP contribution in [0.3, 0.4) is 0 Å². The van der Waals surface area contributed by atoms with Gasteiger partial charge in [-0.3, -0.25) is 9.52 Å². The average molecular weight is 413 g/mol. The van der Waals surface area contributed by atoms with Crippen molar-refractivity contribution in [3.8, 4) is 0 Å². The molecule has 0 spiro atoms. The smallest absolute Gasteiger partial charge is 0.263 e. The van der Waals surface area contributed by atoms with Crippen LogP contribution in [0.25, 0.3) is 0 Å². The highest BCUT2D eigenvalue weighted by Gasteiger charge is 2.24. The number of nitrogens with one attached hydrogen (secondary N) is 1. The summed E-state index contributed by atoms with van der Waals surface area (Å²) in [6.07, 6.45) is 1.31. The number of amides is 1. The van der Waals surface area contributed by atoms with Gasteiger partial charge in [0, 0.05) is 23.7 Å². The molecule has 0 aliphatic carbocycles. The molecule has 3 rings (SSSR count). The second-order valence-corrected chi connectivity index (χ2v) is 8.75. The van der Waals surface area contributed by atoms with E-state index in [0.717, 1.165) is 12.0 Å². The lowest BCUT2D eigenvalue weighted by atomic mass is 10.1. The van der Waals surface area contributed by atoms with Gasteiger partial charge in [-0.15, -0.1) is 0 Å². The molecular weight excluding hydrogens is 395 g/mol. The standard InChI is InChI=1S/C18H18Cl2N2O3S/c1-11-5-6-13(9-16(11)22-7-3-4-18(22)23)21-26(24,25)17-8-12(2)14(19)10-15(17)20/h5-6,8-10,21H,3-4,7H2,1-2H3. The van der Waals surface area contributed by atoms with E-state index in [1.165, 1.54) is 12.1 Å². The fourth-order valence-corrected chi connectivity index (χ4v) is 4.80. The molecule has 2 aromatic carbocycles. The Balaban J connectivity index is 1.96. The second-order valence-electron chi connectivity index (χ2n) is 6.29. The van der Waals surface area contributed by atoms with Gasteiger partial charge in [-0.2, -0.15) is 0 Å². The summed E-state index contributed by atoms with van der Waals surface area (Å²) in [5, 5.41) is 0.453. The molecule has 0 saturated carbocycles. The molecule has 8 heteroatoms. The summed E-state index contributed by atoms with van der Waals surface area (Å²) >= 11 is 12.1. The molecule has 0 atom stereocenters. The number of halogens is 2. The molecule has 1 amide bonds. The minimum absolute atomic E-state index is 0.0413. The summed E-state index contributed by atoms with van der Waals surface area (Å²) in [4.78, 5) is 13.7. The van der Waals surface area contributed by atoms with Crippen LogP contribution in [0.15, 0.2) is 35.2 Å². The van der Waals surface area contributed by atoms with Gasteiger partial charge in [0.25, 0.3) is 10.0 Å². The Bertz CT molecular complexity index is 990. The van der Waals surface area contributed by atoms with E-state index in [-0.39, 0.29) is 15.8 Å². The van der Waals surface area contributed by atoms with Crippen LogP contribution in [0.5, 0.6) is 0 Å². The molecule has 1 heterocycles. The van der Waals surface area contributed by atoms with Crippen LogP contribution in [-0.2, 0) is 14.8 Å². The number of hydrogen-bond acceptors (Lipinski definition) is 3. The predicted molar refractivity (Wildman–Crippen MR) is 105 cm³/mol. The Kier molecular flexibility index (Phi) is 5.19. The summed E-state index contributed by atoms with van der Waals surface area (Å²) in [6.45, 7) is 4.23. The summed E-state index contributed by atoms with van der Waals surface area (Å²) in [5.41, 5.74) is 2.60. The molecule has 2 aromatic rings. The Morgan fingerprint density at radius 2 is 1.77 bits per heavy atom. The number of anilines is 2. The average Bonchev–Trinajstić information content (AvgIpc) is 2.98. The highest BCUT2D eigenvalue weighted by molar-refractivity contribution is 7.92. The third-order valence-electron chi connectivity index (χ3n) is 4.33. The first-order valence-electron chi connectivity index (χ1n) is 8.08. The van der Waals surface area contributed by atoms with Gasteiger partial charge in [0.2, 0.25) is 5.91 Å². The quantitative estimate of drug-likeness (QED) is 0.801. The van der Waals surface area contributed by atoms with Crippen LogP contribution in [-0.4, -0.2) is 20.9 Å². The second kappa shape index (κ2) is 7.10. The van der Waals surface area contributed by atoms with E-state index in [1.807, 2.05) is 6.92 Å². The van der Waals surface area contributed by atoms with Crippen LogP contribution < -0.4 is 9.62 Å². The number of hydrogen-bond donors (Lipinski definition) is 1. The van der Waals surface area contributed by atoms with Crippen LogP contribution in [0.2, 0.25) is 10.0 Å². The molecule has 1 N–H and O–H groups in total. The normalized spacial score (nSPS) is 14.8. The fourth-order valence-electron chi connectivity index (χ4n) is 2.91. The van der Waals surface area contributed by atoms with Gasteiger partial charge in [-0.05, 0) is 55.7 Å². The van der Waals surface area contributed by atoms with Gasteiger partial charge < -0.3 is 4.90 Å². The molecular formula is C18H18Cl2N2O3S. The van der Waals surface area contributed by atoms with Crippen LogP contribution in [0.4, 0.5) is 11.4 Å². The van der Waals surface area contributed by atoms with Crippen molar-refractivity contribution in [1.82, 2.24) is 0 Å². The lowest BCUT2D eigenvalue weighted by Crippen LogP contribution is -2.24. The number of benzene rings is 2. The van der Waals surface area contributed by atoms with E-state index in [9.17, 15) is 13.2 Å². The Hall–Kier alpha value is -1.76. The van der Waals surface area contributed by atoms with Crippen molar-refractivity contribution in [2.45, 2.75) is 31.6 Å². The molecule has 1 saturated heterocycles. The topological polar surface area (TPSA) is 66.5 Å². The van der Waals surface area contributed by atoms with Crippen molar-refractivity contribution in [1.29, 1.82) is 0 Å². The maximum absolute atomic E-state index is 12.7. The van der Waals surface area contributed by atoms with Gasteiger partial charge in [-0.25, -0.2) is 8.42 Å². The van der Waals surface area contributed by atoms with E-state index < -0.39 is 10.0 Å². The number of carbonyl (C=O) groups excluding carboxylic acids is 1. The van der Waals surface area contributed by atoms with Crippen molar-refractivity contribution in [2.24, 2.45) is 0 Å². The minimum Gasteiger partial charge on any atom is -0.312 e.